The molecule has 1 N–H and O–H groups in total. The van der Waals surface area contributed by atoms with Crippen LogP contribution in [0, 0.1) is 6.92 Å². The lowest BCUT2D eigenvalue weighted by atomic mass is 10.2. The number of aromatic nitrogens is 3. The Labute approximate surface area is 80.0 Å². The highest BCUT2D eigenvalue weighted by Crippen LogP contribution is 2.05. The van der Waals surface area contributed by atoms with Gasteiger partial charge in [0.1, 0.15) is 0 Å². The number of rotatable bonds is 2. The standard InChI is InChI=1S/C9H9N3O2/c1-6-3-10-9-11-4-7(2-8(13)14)5-12(6)9/h3-5H,2H2,1H3,(H,13,14). The average molecular weight is 191 g/mol. The van der Waals surface area contributed by atoms with Crippen LogP contribution in [0.4, 0.5) is 0 Å². The number of fused-ring (bicyclic) bond motifs is 1. The van der Waals surface area contributed by atoms with E-state index >= 15 is 0 Å². The summed E-state index contributed by atoms with van der Waals surface area (Å²) in [4.78, 5) is 18.6. The molecule has 0 aliphatic heterocycles. The lowest BCUT2D eigenvalue weighted by molar-refractivity contribution is -0.136. The van der Waals surface area contributed by atoms with Crippen LogP contribution in [0.1, 0.15) is 11.3 Å². The van der Waals surface area contributed by atoms with Crippen LogP contribution < -0.4 is 0 Å². The SMILES string of the molecule is Cc1cnc2ncc(CC(=O)O)cn12. The number of carboxylic acids is 1. The van der Waals surface area contributed by atoms with Crippen LogP contribution in [-0.4, -0.2) is 25.4 Å². The summed E-state index contributed by atoms with van der Waals surface area (Å²) >= 11 is 0. The molecule has 0 amide bonds. The Balaban J connectivity index is 2.49. The maximum absolute atomic E-state index is 10.5. The highest BCUT2D eigenvalue weighted by molar-refractivity contribution is 5.69. The molecule has 0 saturated heterocycles. The van der Waals surface area contributed by atoms with Gasteiger partial charge in [0.2, 0.25) is 5.78 Å². The molecule has 72 valence electrons. The van der Waals surface area contributed by atoms with Gasteiger partial charge in [-0.05, 0) is 12.5 Å². The monoisotopic (exact) mass is 191 g/mol. The summed E-state index contributed by atoms with van der Waals surface area (Å²) in [7, 11) is 0. The van der Waals surface area contributed by atoms with Crippen molar-refractivity contribution in [3.05, 3.63) is 29.8 Å². The van der Waals surface area contributed by atoms with Crippen LogP contribution in [0.2, 0.25) is 0 Å². The summed E-state index contributed by atoms with van der Waals surface area (Å²) in [5, 5.41) is 8.61. The lowest BCUT2D eigenvalue weighted by Crippen LogP contribution is -2.02. The minimum absolute atomic E-state index is 0.0133. The predicted molar refractivity (Wildman–Crippen MR) is 49.1 cm³/mol. The van der Waals surface area contributed by atoms with Crippen LogP contribution in [-0.2, 0) is 11.2 Å². The Morgan fingerprint density at radius 1 is 1.50 bits per heavy atom. The van der Waals surface area contributed by atoms with E-state index in [4.69, 9.17) is 5.11 Å². The van der Waals surface area contributed by atoms with Gasteiger partial charge >= 0.3 is 5.97 Å². The predicted octanol–water partition coefficient (Wildman–Crippen LogP) is 0.665. The van der Waals surface area contributed by atoms with E-state index in [1.165, 1.54) is 6.20 Å². The molecule has 5 heteroatoms. The molecule has 0 aromatic carbocycles. The van der Waals surface area contributed by atoms with E-state index in [1.54, 1.807) is 16.8 Å². The van der Waals surface area contributed by atoms with Crippen molar-refractivity contribution >= 4 is 11.7 Å². The van der Waals surface area contributed by atoms with E-state index in [2.05, 4.69) is 9.97 Å². The highest BCUT2D eigenvalue weighted by atomic mass is 16.4. The van der Waals surface area contributed by atoms with Gasteiger partial charge in [-0.25, -0.2) is 9.97 Å². The first-order valence-corrected chi connectivity index (χ1v) is 4.17. The zero-order chi connectivity index (χ0) is 10.1. The van der Waals surface area contributed by atoms with Gasteiger partial charge in [-0.3, -0.25) is 9.20 Å². The number of hydrogen-bond donors (Lipinski definition) is 1. The first kappa shape index (κ1) is 8.68. The van der Waals surface area contributed by atoms with Crippen molar-refractivity contribution in [1.82, 2.24) is 14.4 Å². The van der Waals surface area contributed by atoms with Gasteiger partial charge in [0.05, 0.1) is 12.6 Å². The number of aryl methyl sites for hydroxylation is 1. The summed E-state index contributed by atoms with van der Waals surface area (Å²) in [5.74, 6) is -0.263. The van der Waals surface area contributed by atoms with Crippen molar-refractivity contribution in [1.29, 1.82) is 0 Å². The van der Waals surface area contributed by atoms with Crippen LogP contribution in [0.15, 0.2) is 18.6 Å². The fourth-order valence-corrected chi connectivity index (χ4v) is 1.29. The third kappa shape index (κ3) is 1.44. The first-order valence-electron chi connectivity index (χ1n) is 4.17. The maximum Gasteiger partial charge on any atom is 0.307 e. The summed E-state index contributed by atoms with van der Waals surface area (Å²) in [6.07, 6.45) is 4.97. The van der Waals surface area contributed by atoms with E-state index in [9.17, 15) is 4.79 Å². The average Bonchev–Trinajstić information content (AvgIpc) is 2.47. The van der Waals surface area contributed by atoms with Crippen molar-refractivity contribution in [2.45, 2.75) is 13.3 Å². The van der Waals surface area contributed by atoms with Gasteiger partial charge in [0, 0.05) is 18.1 Å². The van der Waals surface area contributed by atoms with E-state index < -0.39 is 5.97 Å². The molecule has 0 bridgehead atoms. The molecule has 0 radical (unpaired) electrons. The van der Waals surface area contributed by atoms with Gasteiger partial charge in [0.25, 0.3) is 0 Å². The van der Waals surface area contributed by atoms with Crippen LogP contribution in [0.5, 0.6) is 0 Å². The molecular formula is C9H9N3O2. The number of carbonyl (C=O) groups is 1. The molecule has 2 rings (SSSR count). The zero-order valence-electron chi connectivity index (χ0n) is 7.64. The maximum atomic E-state index is 10.5. The van der Waals surface area contributed by atoms with Gasteiger partial charge in [-0.1, -0.05) is 0 Å². The number of carboxylic acid groups (broad SMARTS) is 1. The first-order chi connectivity index (χ1) is 6.66. The van der Waals surface area contributed by atoms with E-state index in [0.717, 1.165) is 5.69 Å². The number of imidazole rings is 1. The van der Waals surface area contributed by atoms with E-state index in [0.29, 0.717) is 11.3 Å². The van der Waals surface area contributed by atoms with Crippen molar-refractivity contribution in [2.75, 3.05) is 0 Å². The fourth-order valence-electron chi connectivity index (χ4n) is 1.29. The lowest BCUT2D eigenvalue weighted by Gasteiger charge is -1.99. The highest BCUT2D eigenvalue weighted by Gasteiger charge is 2.04. The van der Waals surface area contributed by atoms with Gasteiger partial charge in [0.15, 0.2) is 0 Å². The Hall–Kier alpha value is -1.91. The normalized spacial score (nSPS) is 10.6. The van der Waals surface area contributed by atoms with Crippen LogP contribution in [0.3, 0.4) is 0 Å². The third-order valence-electron chi connectivity index (χ3n) is 1.96. The minimum atomic E-state index is -0.857. The molecule has 0 spiro atoms. The van der Waals surface area contributed by atoms with Crippen molar-refractivity contribution in [3.63, 3.8) is 0 Å². The molecule has 2 heterocycles. The van der Waals surface area contributed by atoms with Crippen molar-refractivity contribution in [3.8, 4) is 0 Å². The molecule has 2 aromatic rings. The van der Waals surface area contributed by atoms with Crippen molar-refractivity contribution < 1.29 is 9.90 Å². The Bertz CT molecular complexity index is 490. The topological polar surface area (TPSA) is 67.5 Å². The summed E-state index contributed by atoms with van der Waals surface area (Å²) < 4.78 is 1.78. The van der Waals surface area contributed by atoms with E-state index in [-0.39, 0.29) is 6.42 Å². The largest absolute Gasteiger partial charge is 0.481 e. The Morgan fingerprint density at radius 3 is 2.93 bits per heavy atom. The second kappa shape index (κ2) is 3.10. The van der Waals surface area contributed by atoms with E-state index in [1.807, 2.05) is 6.92 Å². The number of nitrogens with zero attached hydrogens (tertiary/aromatic N) is 3. The molecule has 2 aromatic heterocycles. The quantitative estimate of drug-likeness (QED) is 0.757. The van der Waals surface area contributed by atoms with Crippen molar-refractivity contribution in [2.24, 2.45) is 0 Å². The summed E-state index contributed by atoms with van der Waals surface area (Å²) in [5.41, 5.74) is 1.62. The van der Waals surface area contributed by atoms with Crippen LogP contribution in [0.25, 0.3) is 5.78 Å². The van der Waals surface area contributed by atoms with Gasteiger partial charge < -0.3 is 5.11 Å². The zero-order valence-corrected chi connectivity index (χ0v) is 7.64. The molecule has 0 aliphatic carbocycles. The molecule has 0 saturated carbocycles. The van der Waals surface area contributed by atoms with Gasteiger partial charge in [-0.15, -0.1) is 0 Å². The molecule has 0 fully saturated rings. The fraction of sp³-hybridized carbons (Fsp3) is 0.222. The number of hydrogen-bond acceptors (Lipinski definition) is 3. The molecule has 0 aliphatic rings. The van der Waals surface area contributed by atoms with Crippen LogP contribution >= 0.6 is 0 Å². The Kier molecular flexibility index (Phi) is 1.92. The molecule has 5 nitrogen and oxygen atoms in total. The molecule has 0 atom stereocenters. The summed E-state index contributed by atoms with van der Waals surface area (Å²) in [6.45, 7) is 1.90. The second-order valence-corrected chi connectivity index (χ2v) is 3.10. The molecule has 0 unspecified atom stereocenters. The number of aliphatic carboxylic acids is 1. The Morgan fingerprint density at radius 2 is 2.21 bits per heavy atom. The second-order valence-electron chi connectivity index (χ2n) is 3.10. The molecule has 14 heavy (non-hydrogen) atoms. The summed E-state index contributed by atoms with van der Waals surface area (Å²) in [6, 6.07) is 0. The molecular weight excluding hydrogens is 182 g/mol. The smallest absolute Gasteiger partial charge is 0.307 e. The van der Waals surface area contributed by atoms with Gasteiger partial charge in [-0.2, -0.15) is 0 Å². The third-order valence-corrected chi connectivity index (χ3v) is 1.96. The minimum Gasteiger partial charge on any atom is -0.481 e.